The summed E-state index contributed by atoms with van der Waals surface area (Å²) in [6, 6.07) is 25.6. The smallest absolute Gasteiger partial charge is 0.373 e. The predicted molar refractivity (Wildman–Crippen MR) is 138 cm³/mol. The summed E-state index contributed by atoms with van der Waals surface area (Å²) >= 11 is 0. The maximum atomic E-state index is 13.0. The van der Waals surface area contributed by atoms with Gasteiger partial charge in [0.15, 0.2) is 0 Å². The van der Waals surface area contributed by atoms with Crippen molar-refractivity contribution in [3.63, 3.8) is 0 Å². The minimum Gasteiger partial charge on any atom is -0.373 e. The number of carbonyl (C=O) groups excluding carboxylic acids is 1. The molecule has 4 rings (SSSR count). The first-order valence-corrected chi connectivity index (χ1v) is 12.5. The third-order valence-corrected chi connectivity index (χ3v) is 6.89. The van der Waals surface area contributed by atoms with E-state index in [0.717, 1.165) is 23.3 Å². The Hall–Kier alpha value is -3.16. The molecule has 1 amide bonds. The van der Waals surface area contributed by atoms with E-state index in [9.17, 15) is 18.0 Å². The molecule has 4 nitrogen and oxygen atoms in total. The highest BCUT2D eigenvalue weighted by molar-refractivity contribution is 5.78. The molecule has 0 bridgehead atoms. The highest BCUT2D eigenvalue weighted by Crippen LogP contribution is 2.39. The standard InChI is InChI=1S/C30H33F3N2O2/c1-34(2)20-28(36)35-18-17-27(37-21-22-13-15-25(16-14-22)30(31,32)33)26(19-35)29(23-9-5-3-6-10-23)24-11-7-4-8-12-24/h3-16,26-27,29H,17-21H2,1-2H3. The number of amides is 1. The number of rotatable bonds is 8. The predicted octanol–water partition coefficient (Wildman–Crippen LogP) is 5.83. The minimum atomic E-state index is -4.37. The third kappa shape index (κ3) is 6.99. The lowest BCUT2D eigenvalue weighted by Gasteiger charge is -2.43. The van der Waals surface area contributed by atoms with Gasteiger partial charge in [-0.2, -0.15) is 13.2 Å². The fourth-order valence-corrected chi connectivity index (χ4v) is 5.09. The largest absolute Gasteiger partial charge is 0.416 e. The molecule has 3 aromatic carbocycles. The lowest BCUT2D eigenvalue weighted by atomic mass is 9.75. The SMILES string of the molecule is CN(C)CC(=O)N1CCC(OCc2ccc(C(F)(F)F)cc2)C(C(c2ccccc2)c2ccccc2)C1. The molecule has 0 aromatic heterocycles. The number of carbonyl (C=O) groups is 1. The molecule has 0 saturated carbocycles. The van der Waals surface area contributed by atoms with Crippen molar-refractivity contribution < 1.29 is 22.7 Å². The number of nitrogens with zero attached hydrogens (tertiary/aromatic N) is 2. The molecule has 1 fully saturated rings. The molecule has 7 heteroatoms. The molecule has 0 N–H and O–H groups in total. The van der Waals surface area contributed by atoms with Crippen LogP contribution in [0.5, 0.6) is 0 Å². The van der Waals surface area contributed by atoms with Gasteiger partial charge < -0.3 is 14.5 Å². The topological polar surface area (TPSA) is 32.8 Å². The van der Waals surface area contributed by atoms with Crippen molar-refractivity contribution in [1.82, 2.24) is 9.80 Å². The summed E-state index contributed by atoms with van der Waals surface area (Å²) in [5.74, 6) is 0.0464. The summed E-state index contributed by atoms with van der Waals surface area (Å²) < 4.78 is 45.3. The van der Waals surface area contributed by atoms with E-state index >= 15 is 0 Å². The first-order chi connectivity index (χ1) is 17.7. The molecule has 3 aromatic rings. The molecule has 196 valence electrons. The average molecular weight is 511 g/mol. The van der Waals surface area contributed by atoms with Crippen molar-refractivity contribution in [2.24, 2.45) is 5.92 Å². The van der Waals surface area contributed by atoms with Gasteiger partial charge in [-0.25, -0.2) is 0 Å². The van der Waals surface area contributed by atoms with Crippen LogP contribution in [0.3, 0.4) is 0 Å². The van der Waals surface area contributed by atoms with Gasteiger partial charge in [-0.05, 0) is 49.3 Å². The minimum absolute atomic E-state index is 0.00467. The Labute approximate surface area is 216 Å². The van der Waals surface area contributed by atoms with Crippen molar-refractivity contribution in [1.29, 1.82) is 0 Å². The summed E-state index contributed by atoms with van der Waals surface area (Å²) in [6.07, 6.45) is -3.88. The lowest BCUT2D eigenvalue weighted by Crippen LogP contribution is -2.50. The van der Waals surface area contributed by atoms with Crippen LogP contribution in [0.1, 0.15) is 34.6 Å². The number of ether oxygens (including phenoxy) is 1. The molecule has 1 aliphatic heterocycles. The Morgan fingerprint density at radius 2 is 1.51 bits per heavy atom. The van der Waals surface area contributed by atoms with Crippen molar-refractivity contribution in [2.45, 2.75) is 31.2 Å². The summed E-state index contributed by atoms with van der Waals surface area (Å²) in [5.41, 5.74) is 2.30. The molecule has 2 atom stereocenters. The zero-order valence-corrected chi connectivity index (χ0v) is 21.2. The summed E-state index contributed by atoms with van der Waals surface area (Å²) in [5, 5.41) is 0. The zero-order valence-electron chi connectivity index (χ0n) is 21.2. The van der Waals surface area contributed by atoms with Crippen LogP contribution >= 0.6 is 0 Å². The van der Waals surface area contributed by atoms with Crippen LogP contribution in [0, 0.1) is 5.92 Å². The van der Waals surface area contributed by atoms with Gasteiger partial charge >= 0.3 is 6.18 Å². The van der Waals surface area contributed by atoms with Gasteiger partial charge in [-0.1, -0.05) is 72.8 Å². The van der Waals surface area contributed by atoms with E-state index in [4.69, 9.17) is 4.74 Å². The van der Waals surface area contributed by atoms with Gasteiger partial charge in [-0.3, -0.25) is 4.79 Å². The van der Waals surface area contributed by atoms with Crippen LogP contribution < -0.4 is 0 Å². The number of piperidine rings is 1. The number of hydrogen-bond donors (Lipinski definition) is 0. The maximum absolute atomic E-state index is 13.0. The molecule has 0 radical (unpaired) electrons. The summed E-state index contributed by atoms with van der Waals surface area (Å²) in [6.45, 7) is 1.67. The second-order valence-electron chi connectivity index (χ2n) is 9.87. The van der Waals surface area contributed by atoms with Crippen LogP contribution in [0.2, 0.25) is 0 Å². The Kier molecular flexibility index (Phi) is 8.67. The molecule has 1 heterocycles. The Balaban J connectivity index is 1.61. The molecule has 0 aliphatic carbocycles. The van der Waals surface area contributed by atoms with Crippen molar-refractivity contribution in [2.75, 3.05) is 33.7 Å². The third-order valence-electron chi connectivity index (χ3n) is 6.89. The number of halogens is 3. The van der Waals surface area contributed by atoms with Gasteiger partial charge in [0.2, 0.25) is 5.91 Å². The van der Waals surface area contributed by atoms with Crippen LogP contribution in [0.25, 0.3) is 0 Å². The molecule has 1 aliphatic rings. The first-order valence-electron chi connectivity index (χ1n) is 12.5. The number of likely N-dealkylation sites (tertiary alicyclic amines) is 1. The quantitative estimate of drug-likeness (QED) is 0.382. The number of hydrogen-bond acceptors (Lipinski definition) is 3. The molecule has 37 heavy (non-hydrogen) atoms. The maximum Gasteiger partial charge on any atom is 0.416 e. The van der Waals surface area contributed by atoms with E-state index in [0.29, 0.717) is 31.6 Å². The van der Waals surface area contributed by atoms with Gasteiger partial charge in [0.1, 0.15) is 0 Å². The second kappa shape index (κ2) is 11.9. The van der Waals surface area contributed by atoms with Crippen molar-refractivity contribution in [3.05, 3.63) is 107 Å². The summed E-state index contributed by atoms with van der Waals surface area (Å²) in [4.78, 5) is 16.8. The monoisotopic (exact) mass is 510 g/mol. The van der Waals surface area contributed by atoms with Gasteiger partial charge in [0.25, 0.3) is 0 Å². The normalized spacial score (nSPS) is 18.4. The van der Waals surface area contributed by atoms with Crippen molar-refractivity contribution >= 4 is 5.91 Å². The van der Waals surface area contributed by atoms with E-state index in [1.54, 1.807) is 0 Å². The first kappa shape index (κ1) is 26.9. The fourth-order valence-electron chi connectivity index (χ4n) is 5.09. The lowest BCUT2D eigenvalue weighted by molar-refractivity contribution is -0.138. The second-order valence-corrected chi connectivity index (χ2v) is 9.87. The van der Waals surface area contributed by atoms with Gasteiger partial charge in [0, 0.05) is 24.9 Å². The van der Waals surface area contributed by atoms with Crippen LogP contribution in [-0.4, -0.2) is 55.5 Å². The highest BCUT2D eigenvalue weighted by Gasteiger charge is 2.38. The van der Waals surface area contributed by atoms with Crippen LogP contribution in [-0.2, 0) is 22.3 Å². The Bertz CT molecular complexity index is 1100. The van der Waals surface area contributed by atoms with E-state index in [-0.39, 0.29) is 30.5 Å². The van der Waals surface area contributed by atoms with Gasteiger partial charge in [-0.15, -0.1) is 0 Å². The molecular formula is C30H33F3N2O2. The molecule has 2 unspecified atom stereocenters. The molecule has 1 saturated heterocycles. The fraction of sp³-hybridized carbons (Fsp3) is 0.367. The number of benzene rings is 3. The van der Waals surface area contributed by atoms with E-state index in [1.807, 2.05) is 60.3 Å². The average Bonchev–Trinajstić information content (AvgIpc) is 2.88. The van der Waals surface area contributed by atoms with Crippen LogP contribution in [0.15, 0.2) is 84.9 Å². The Morgan fingerprint density at radius 1 is 0.946 bits per heavy atom. The van der Waals surface area contributed by atoms with Gasteiger partial charge in [0.05, 0.1) is 24.8 Å². The summed E-state index contributed by atoms with van der Waals surface area (Å²) in [7, 11) is 3.76. The number of alkyl halides is 3. The van der Waals surface area contributed by atoms with Crippen molar-refractivity contribution in [3.8, 4) is 0 Å². The van der Waals surface area contributed by atoms with Crippen LogP contribution in [0.4, 0.5) is 13.2 Å². The molecular weight excluding hydrogens is 477 g/mol. The highest BCUT2D eigenvalue weighted by atomic mass is 19.4. The zero-order chi connectivity index (χ0) is 26.4. The van der Waals surface area contributed by atoms with E-state index < -0.39 is 11.7 Å². The van der Waals surface area contributed by atoms with E-state index in [1.165, 1.54) is 12.1 Å². The van der Waals surface area contributed by atoms with E-state index in [2.05, 4.69) is 24.3 Å². The number of likely N-dealkylation sites (N-methyl/N-ethyl adjacent to an activating group) is 1. The molecule has 0 spiro atoms. The Morgan fingerprint density at radius 3 is 2.03 bits per heavy atom.